The average molecular weight is 491 g/mol. The van der Waals surface area contributed by atoms with Gasteiger partial charge in [0.2, 0.25) is 0 Å². The van der Waals surface area contributed by atoms with Crippen LogP contribution in [0.25, 0.3) is 0 Å². The second-order valence-electron chi connectivity index (χ2n) is 6.98. The summed E-state index contributed by atoms with van der Waals surface area (Å²) < 4.78 is 10.5. The van der Waals surface area contributed by atoms with Crippen LogP contribution < -0.4 is 20.1 Å². The first-order valence-corrected chi connectivity index (χ1v) is 9.51. The Morgan fingerprint density at radius 1 is 1.15 bits per heavy atom. The molecule has 0 heterocycles. The van der Waals surface area contributed by atoms with E-state index in [1.807, 2.05) is 19.1 Å². The molecular weight excluding hydrogens is 457 g/mol. The molecule has 1 aliphatic carbocycles. The maximum atomic E-state index is 10.5. The first-order valence-electron chi connectivity index (χ1n) is 9.51. The van der Waals surface area contributed by atoms with Crippen LogP contribution in [-0.4, -0.2) is 44.4 Å². The number of nitrogens with zero attached hydrogens (tertiary/aromatic N) is 1. The molecule has 0 aromatic heterocycles. The Morgan fingerprint density at radius 2 is 1.74 bits per heavy atom. The molecular formula is C20H34IN3O3. The van der Waals surface area contributed by atoms with Crippen LogP contribution in [0.5, 0.6) is 11.5 Å². The first kappa shape index (κ1) is 23.8. The molecule has 0 bridgehead atoms. The van der Waals surface area contributed by atoms with Crippen molar-refractivity contribution < 1.29 is 14.6 Å². The summed E-state index contributed by atoms with van der Waals surface area (Å²) in [6.07, 6.45) is 4.12. The van der Waals surface area contributed by atoms with Crippen LogP contribution in [0.3, 0.4) is 0 Å². The molecule has 6 nitrogen and oxygen atoms in total. The summed E-state index contributed by atoms with van der Waals surface area (Å²) in [6, 6.07) is 5.87. The van der Waals surface area contributed by atoms with Crippen molar-refractivity contribution in [3.05, 3.63) is 23.8 Å². The minimum atomic E-state index is -0.721. The summed E-state index contributed by atoms with van der Waals surface area (Å²) in [7, 11) is 3.20. The number of halogens is 1. The number of nitrogens with one attached hydrogen (secondary N) is 2. The molecule has 1 aliphatic rings. The lowest BCUT2D eigenvalue weighted by Gasteiger charge is -2.28. The molecule has 0 radical (unpaired) electrons. The van der Waals surface area contributed by atoms with Gasteiger partial charge in [-0.3, -0.25) is 4.99 Å². The minimum Gasteiger partial charge on any atom is -0.497 e. The van der Waals surface area contributed by atoms with Crippen molar-refractivity contribution in [2.75, 3.05) is 27.3 Å². The largest absolute Gasteiger partial charge is 0.497 e. The van der Waals surface area contributed by atoms with Crippen LogP contribution in [0.1, 0.15) is 51.2 Å². The second-order valence-corrected chi connectivity index (χ2v) is 6.98. The molecule has 0 aliphatic heterocycles. The molecule has 1 atom stereocenters. The molecule has 1 aromatic carbocycles. The van der Waals surface area contributed by atoms with Gasteiger partial charge in [0.15, 0.2) is 5.96 Å². The number of guanidine groups is 1. The predicted octanol–water partition coefficient (Wildman–Crippen LogP) is 3.49. The summed E-state index contributed by atoms with van der Waals surface area (Å²) in [6.45, 7) is 5.42. The van der Waals surface area contributed by atoms with E-state index in [1.54, 1.807) is 20.3 Å². The highest BCUT2D eigenvalue weighted by Crippen LogP contribution is 2.27. The van der Waals surface area contributed by atoms with Crippen LogP contribution in [0.4, 0.5) is 0 Å². The Hall–Kier alpha value is -1.22. The quantitative estimate of drug-likeness (QED) is 0.310. The van der Waals surface area contributed by atoms with Crippen LogP contribution >= 0.6 is 24.0 Å². The van der Waals surface area contributed by atoms with Gasteiger partial charge in [-0.05, 0) is 56.2 Å². The molecule has 3 N–H and O–H groups in total. The van der Waals surface area contributed by atoms with Crippen molar-refractivity contribution in [1.82, 2.24) is 10.6 Å². The summed E-state index contributed by atoms with van der Waals surface area (Å²) in [5.74, 6) is 2.89. The average Bonchev–Trinajstić information content (AvgIpc) is 2.67. The van der Waals surface area contributed by atoms with E-state index >= 15 is 0 Å². The SMILES string of the molecule is CCNC(=NCC(O)c1cc(OC)cc(OC)c1)NC1CCC(C)CC1.I. The number of rotatable bonds is 7. The van der Waals surface area contributed by atoms with Gasteiger partial charge in [0, 0.05) is 18.7 Å². The Kier molecular flexibility index (Phi) is 10.8. The predicted molar refractivity (Wildman–Crippen MR) is 120 cm³/mol. The topological polar surface area (TPSA) is 75.1 Å². The zero-order chi connectivity index (χ0) is 18.9. The van der Waals surface area contributed by atoms with Crippen molar-refractivity contribution >= 4 is 29.9 Å². The highest BCUT2D eigenvalue weighted by atomic mass is 127. The molecule has 7 heteroatoms. The minimum absolute atomic E-state index is 0. The van der Waals surface area contributed by atoms with Crippen LogP contribution in [0, 0.1) is 5.92 Å². The van der Waals surface area contributed by atoms with Crippen LogP contribution in [0.15, 0.2) is 23.2 Å². The highest BCUT2D eigenvalue weighted by Gasteiger charge is 2.19. The smallest absolute Gasteiger partial charge is 0.191 e. The van der Waals surface area contributed by atoms with Crippen molar-refractivity contribution in [3.8, 4) is 11.5 Å². The number of aliphatic imine (C=N–C) groups is 1. The van der Waals surface area contributed by atoms with E-state index in [2.05, 4.69) is 22.5 Å². The van der Waals surface area contributed by atoms with E-state index in [0.29, 0.717) is 17.5 Å². The zero-order valence-electron chi connectivity index (χ0n) is 16.8. The molecule has 27 heavy (non-hydrogen) atoms. The van der Waals surface area contributed by atoms with Gasteiger partial charge in [0.25, 0.3) is 0 Å². The highest BCUT2D eigenvalue weighted by molar-refractivity contribution is 14.0. The van der Waals surface area contributed by atoms with Crippen molar-refractivity contribution in [3.63, 3.8) is 0 Å². The lowest BCUT2D eigenvalue weighted by Crippen LogP contribution is -2.45. The number of aliphatic hydroxyl groups excluding tert-OH is 1. The fourth-order valence-corrected chi connectivity index (χ4v) is 3.22. The number of benzene rings is 1. The fourth-order valence-electron chi connectivity index (χ4n) is 3.22. The molecule has 0 amide bonds. The van der Waals surface area contributed by atoms with Crippen LogP contribution in [0.2, 0.25) is 0 Å². The molecule has 0 saturated heterocycles. The Bertz CT molecular complexity index is 568. The van der Waals surface area contributed by atoms with Gasteiger partial charge >= 0.3 is 0 Å². The molecule has 1 fully saturated rings. The van der Waals surface area contributed by atoms with Gasteiger partial charge < -0.3 is 25.2 Å². The summed E-state index contributed by atoms with van der Waals surface area (Å²) >= 11 is 0. The van der Waals surface area contributed by atoms with Gasteiger partial charge in [-0.25, -0.2) is 0 Å². The Labute approximate surface area is 180 Å². The third-order valence-corrected chi connectivity index (χ3v) is 4.88. The Balaban J connectivity index is 0.00000364. The van der Waals surface area contributed by atoms with E-state index in [4.69, 9.17) is 9.47 Å². The number of ether oxygens (including phenoxy) is 2. The van der Waals surface area contributed by atoms with E-state index in [0.717, 1.165) is 24.0 Å². The monoisotopic (exact) mass is 491 g/mol. The van der Waals surface area contributed by atoms with Gasteiger partial charge in [-0.15, -0.1) is 24.0 Å². The van der Waals surface area contributed by atoms with Crippen molar-refractivity contribution in [2.45, 2.75) is 51.7 Å². The summed E-state index contributed by atoms with van der Waals surface area (Å²) in [5.41, 5.74) is 0.729. The molecule has 0 spiro atoms. The summed E-state index contributed by atoms with van der Waals surface area (Å²) in [4.78, 5) is 4.58. The van der Waals surface area contributed by atoms with Gasteiger partial charge in [-0.2, -0.15) is 0 Å². The zero-order valence-corrected chi connectivity index (χ0v) is 19.2. The first-order chi connectivity index (χ1) is 12.5. The lowest BCUT2D eigenvalue weighted by molar-refractivity contribution is 0.186. The number of methoxy groups -OCH3 is 2. The molecule has 1 aromatic rings. The molecule has 2 rings (SSSR count). The van der Waals surface area contributed by atoms with Gasteiger partial charge in [-0.1, -0.05) is 6.92 Å². The third-order valence-electron chi connectivity index (χ3n) is 4.88. The second kappa shape index (κ2) is 12.3. The summed E-state index contributed by atoms with van der Waals surface area (Å²) in [5, 5.41) is 17.3. The maximum absolute atomic E-state index is 10.5. The lowest BCUT2D eigenvalue weighted by atomic mass is 9.87. The van der Waals surface area contributed by atoms with E-state index in [9.17, 15) is 5.11 Å². The molecule has 1 saturated carbocycles. The number of aliphatic hydroxyl groups is 1. The Morgan fingerprint density at radius 3 is 2.26 bits per heavy atom. The van der Waals surface area contributed by atoms with E-state index in [1.165, 1.54) is 25.7 Å². The van der Waals surface area contributed by atoms with Crippen LogP contribution in [-0.2, 0) is 0 Å². The van der Waals surface area contributed by atoms with E-state index in [-0.39, 0.29) is 30.5 Å². The standard InChI is InChI=1S/C20H33N3O3.HI/c1-5-21-20(23-16-8-6-14(2)7-9-16)22-13-19(24)15-10-17(25-3)12-18(11-15)26-4;/h10-12,14,16,19,24H,5-9,13H2,1-4H3,(H2,21,22,23);1H. The number of hydrogen-bond acceptors (Lipinski definition) is 4. The third kappa shape index (κ3) is 7.73. The maximum Gasteiger partial charge on any atom is 0.191 e. The van der Waals surface area contributed by atoms with Gasteiger partial charge in [0.1, 0.15) is 11.5 Å². The molecule has 1 unspecified atom stereocenters. The van der Waals surface area contributed by atoms with E-state index < -0.39 is 6.10 Å². The molecule has 154 valence electrons. The normalized spacial score (nSPS) is 21.0. The van der Waals surface area contributed by atoms with Crippen molar-refractivity contribution in [2.24, 2.45) is 10.9 Å². The number of hydrogen-bond donors (Lipinski definition) is 3. The van der Waals surface area contributed by atoms with Gasteiger partial charge in [0.05, 0.1) is 26.9 Å². The fraction of sp³-hybridized carbons (Fsp3) is 0.650. The van der Waals surface area contributed by atoms with Crippen molar-refractivity contribution in [1.29, 1.82) is 0 Å².